The first-order valence-corrected chi connectivity index (χ1v) is 7.05. The third kappa shape index (κ3) is 2.19. The summed E-state index contributed by atoms with van der Waals surface area (Å²) in [4.78, 5) is 5.93. The third-order valence-corrected chi connectivity index (χ3v) is 4.67. The highest BCUT2D eigenvalue weighted by Crippen LogP contribution is 2.38. The van der Waals surface area contributed by atoms with E-state index in [1.54, 1.807) is 11.3 Å². The minimum Gasteiger partial charge on any atom is -0.454 e. The summed E-state index contributed by atoms with van der Waals surface area (Å²) in [6.45, 7) is 4.50. The average Bonchev–Trinajstić information content (AvgIpc) is 3.03. The number of ether oxygens (including phenoxy) is 2. The van der Waals surface area contributed by atoms with Gasteiger partial charge in [0.05, 0.1) is 5.69 Å². The van der Waals surface area contributed by atoms with Crippen molar-refractivity contribution in [3.8, 4) is 22.1 Å². The summed E-state index contributed by atoms with van der Waals surface area (Å²) in [7, 11) is 1.96. The number of fused-ring (bicyclic) bond motifs is 1. The Labute approximate surface area is 116 Å². The molecular formula is C14H16N2O2S. The molecular weight excluding hydrogens is 260 g/mol. The van der Waals surface area contributed by atoms with Crippen molar-refractivity contribution in [2.24, 2.45) is 0 Å². The second kappa shape index (κ2) is 4.83. The summed E-state index contributed by atoms with van der Waals surface area (Å²) < 4.78 is 10.7. The van der Waals surface area contributed by atoms with Crippen molar-refractivity contribution >= 4 is 11.3 Å². The lowest BCUT2D eigenvalue weighted by Crippen LogP contribution is -2.11. The maximum Gasteiger partial charge on any atom is 0.231 e. The molecule has 1 aliphatic heterocycles. The molecule has 0 aliphatic carbocycles. The first-order chi connectivity index (χ1) is 9.19. The van der Waals surface area contributed by atoms with Gasteiger partial charge in [0.1, 0.15) is 5.01 Å². The molecule has 0 bridgehead atoms. The number of aromatic nitrogens is 1. The van der Waals surface area contributed by atoms with Gasteiger partial charge >= 0.3 is 0 Å². The molecule has 1 atom stereocenters. The first kappa shape index (κ1) is 12.4. The van der Waals surface area contributed by atoms with E-state index in [0.717, 1.165) is 27.8 Å². The zero-order valence-corrected chi connectivity index (χ0v) is 12.0. The summed E-state index contributed by atoms with van der Waals surface area (Å²) >= 11 is 1.72. The van der Waals surface area contributed by atoms with E-state index in [4.69, 9.17) is 9.47 Å². The van der Waals surface area contributed by atoms with Crippen molar-refractivity contribution in [2.75, 3.05) is 13.8 Å². The molecule has 0 spiro atoms. The number of nitrogens with zero attached hydrogens (tertiary/aromatic N) is 1. The van der Waals surface area contributed by atoms with E-state index in [0.29, 0.717) is 12.8 Å². The minimum atomic E-state index is 0.303. The predicted octanol–water partition coefficient (Wildman–Crippen LogP) is 3.13. The van der Waals surface area contributed by atoms with Crippen LogP contribution in [0, 0.1) is 6.92 Å². The molecule has 1 N–H and O–H groups in total. The van der Waals surface area contributed by atoms with Gasteiger partial charge in [-0.2, -0.15) is 0 Å². The fraction of sp³-hybridized carbons (Fsp3) is 0.357. The highest BCUT2D eigenvalue weighted by atomic mass is 32.1. The van der Waals surface area contributed by atoms with Crippen LogP contribution in [0.4, 0.5) is 0 Å². The van der Waals surface area contributed by atoms with Crippen LogP contribution in [0.3, 0.4) is 0 Å². The lowest BCUT2D eigenvalue weighted by Gasteiger charge is -2.06. The van der Waals surface area contributed by atoms with Gasteiger partial charge in [0.15, 0.2) is 11.5 Å². The van der Waals surface area contributed by atoms with Crippen molar-refractivity contribution in [1.82, 2.24) is 10.3 Å². The number of benzene rings is 1. The van der Waals surface area contributed by atoms with Crippen molar-refractivity contribution < 1.29 is 9.47 Å². The largest absolute Gasteiger partial charge is 0.454 e. The van der Waals surface area contributed by atoms with Crippen LogP contribution in [-0.4, -0.2) is 18.8 Å². The number of aryl methyl sites for hydroxylation is 1. The zero-order chi connectivity index (χ0) is 13.4. The van der Waals surface area contributed by atoms with E-state index in [9.17, 15) is 0 Å². The summed E-state index contributed by atoms with van der Waals surface area (Å²) in [6, 6.07) is 6.28. The normalized spacial score (nSPS) is 14.7. The molecule has 0 saturated heterocycles. The Hall–Kier alpha value is -1.59. The molecule has 0 radical (unpaired) electrons. The van der Waals surface area contributed by atoms with Gasteiger partial charge in [-0.05, 0) is 39.1 Å². The Morgan fingerprint density at radius 1 is 1.32 bits per heavy atom. The van der Waals surface area contributed by atoms with Gasteiger partial charge in [0.2, 0.25) is 6.79 Å². The smallest absolute Gasteiger partial charge is 0.231 e. The van der Waals surface area contributed by atoms with Gasteiger partial charge in [0, 0.05) is 16.5 Å². The van der Waals surface area contributed by atoms with Gasteiger partial charge in [0.25, 0.3) is 0 Å². The number of hydrogen-bond acceptors (Lipinski definition) is 5. The van der Waals surface area contributed by atoms with Crippen molar-refractivity contribution in [1.29, 1.82) is 0 Å². The van der Waals surface area contributed by atoms with Gasteiger partial charge in [-0.3, -0.25) is 0 Å². The molecule has 0 fully saturated rings. The highest BCUT2D eigenvalue weighted by molar-refractivity contribution is 7.15. The molecule has 1 unspecified atom stereocenters. The Bertz CT molecular complexity index is 609. The fourth-order valence-electron chi connectivity index (χ4n) is 2.09. The molecule has 19 heavy (non-hydrogen) atoms. The third-order valence-electron chi connectivity index (χ3n) is 3.28. The van der Waals surface area contributed by atoms with Crippen molar-refractivity contribution in [2.45, 2.75) is 19.9 Å². The predicted molar refractivity (Wildman–Crippen MR) is 75.9 cm³/mol. The van der Waals surface area contributed by atoms with Crippen LogP contribution >= 0.6 is 11.3 Å². The summed E-state index contributed by atoms with van der Waals surface area (Å²) in [5.74, 6) is 1.61. The van der Waals surface area contributed by atoms with Gasteiger partial charge in [-0.1, -0.05) is 0 Å². The van der Waals surface area contributed by atoms with Crippen LogP contribution in [-0.2, 0) is 0 Å². The van der Waals surface area contributed by atoms with E-state index in [-0.39, 0.29) is 0 Å². The highest BCUT2D eigenvalue weighted by Gasteiger charge is 2.17. The Morgan fingerprint density at radius 3 is 2.89 bits per heavy atom. The minimum absolute atomic E-state index is 0.303. The lowest BCUT2D eigenvalue weighted by atomic mass is 10.2. The molecule has 0 saturated carbocycles. The Morgan fingerprint density at radius 2 is 2.11 bits per heavy atom. The second-order valence-corrected chi connectivity index (χ2v) is 5.58. The maximum absolute atomic E-state index is 5.41. The molecule has 1 aliphatic rings. The number of thiazole rings is 1. The van der Waals surface area contributed by atoms with Crippen molar-refractivity contribution in [3.63, 3.8) is 0 Å². The van der Waals surface area contributed by atoms with Crippen LogP contribution in [0.25, 0.3) is 10.6 Å². The summed E-state index contributed by atoms with van der Waals surface area (Å²) in [6.07, 6.45) is 0. The Kier molecular flexibility index (Phi) is 3.16. The topological polar surface area (TPSA) is 43.4 Å². The van der Waals surface area contributed by atoms with Crippen LogP contribution in [0.1, 0.15) is 23.5 Å². The summed E-state index contributed by atoms with van der Waals surface area (Å²) in [5.41, 5.74) is 2.16. The number of hydrogen-bond donors (Lipinski definition) is 1. The second-order valence-electron chi connectivity index (χ2n) is 4.55. The quantitative estimate of drug-likeness (QED) is 0.935. The molecule has 4 nitrogen and oxygen atoms in total. The molecule has 100 valence electrons. The van der Waals surface area contributed by atoms with Crippen LogP contribution < -0.4 is 14.8 Å². The lowest BCUT2D eigenvalue weighted by molar-refractivity contribution is 0.174. The van der Waals surface area contributed by atoms with Gasteiger partial charge < -0.3 is 14.8 Å². The molecule has 1 aromatic heterocycles. The van der Waals surface area contributed by atoms with E-state index in [1.807, 2.05) is 25.2 Å². The fourth-order valence-corrected chi connectivity index (χ4v) is 3.22. The SMILES string of the molecule is CNC(C)c1sc(-c2ccc3c(c2)OCO3)nc1C. The van der Waals surface area contributed by atoms with Crippen molar-refractivity contribution in [3.05, 3.63) is 28.8 Å². The van der Waals surface area contributed by atoms with Crippen LogP contribution in [0.2, 0.25) is 0 Å². The van der Waals surface area contributed by atoms with Gasteiger partial charge in [-0.15, -0.1) is 11.3 Å². The van der Waals surface area contributed by atoms with Gasteiger partial charge in [-0.25, -0.2) is 4.98 Å². The number of nitrogens with one attached hydrogen (secondary N) is 1. The van der Waals surface area contributed by atoms with Crippen LogP contribution in [0.15, 0.2) is 18.2 Å². The van der Waals surface area contributed by atoms with E-state index < -0.39 is 0 Å². The molecule has 0 amide bonds. The zero-order valence-electron chi connectivity index (χ0n) is 11.2. The Balaban J connectivity index is 1.98. The van der Waals surface area contributed by atoms with E-state index in [2.05, 4.69) is 24.1 Å². The average molecular weight is 276 g/mol. The molecule has 1 aromatic carbocycles. The standard InChI is InChI=1S/C14H16N2O2S/c1-8(15-3)13-9(2)16-14(19-13)10-4-5-11-12(6-10)18-7-17-11/h4-6,8,15H,7H2,1-3H3. The van der Waals surface area contributed by atoms with E-state index >= 15 is 0 Å². The maximum atomic E-state index is 5.41. The van der Waals surface area contributed by atoms with E-state index in [1.165, 1.54) is 4.88 Å². The first-order valence-electron chi connectivity index (χ1n) is 6.23. The summed E-state index contributed by atoms with van der Waals surface area (Å²) in [5, 5.41) is 4.28. The number of rotatable bonds is 3. The van der Waals surface area contributed by atoms with Crippen LogP contribution in [0.5, 0.6) is 11.5 Å². The molecule has 5 heteroatoms. The molecule has 2 heterocycles. The molecule has 3 rings (SSSR count). The molecule has 2 aromatic rings. The monoisotopic (exact) mass is 276 g/mol.